The third-order valence-electron chi connectivity index (χ3n) is 4.93. The van der Waals surface area contributed by atoms with E-state index in [0.29, 0.717) is 12.2 Å². The van der Waals surface area contributed by atoms with Crippen molar-refractivity contribution in [2.75, 3.05) is 45.8 Å². The number of hydrogen-bond donors (Lipinski definition) is 2. The van der Waals surface area contributed by atoms with Crippen LogP contribution in [0, 0.1) is 0 Å². The standard InChI is InChI=1S/C21H41N5O3.HI/c1-7-22-19(23-10-8-11-25-13-16(2)28-17(3)14-25)26-12-9-18(15-26)24-20(27)29-21(4,5)6;/h16-18H,7-15H2,1-6H3,(H,22,23)(H,24,27);1H. The third kappa shape index (κ3) is 10.00. The van der Waals surface area contributed by atoms with Gasteiger partial charge in [0.25, 0.3) is 0 Å². The molecule has 0 bridgehead atoms. The number of rotatable bonds is 6. The van der Waals surface area contributed by atoms with Gasteiger partial charge in [-0.15, -0.1) is 24.0 Å². The number of aliphatic imine (C=N–C) groups is 1. The van der Waals surface area contributed by atoms with Crippen LogP contribution in [0.4, 0.5) is 4.79 Å². The van der Waals surface area contributed by atoms with E-state index < -0.39 is 5.60 Å². The maximum absolute atomic E-state index is 12.0. The molecular weight excluding hydrogens is 497 g/mol. The van der Waals surface area contributed by atoms with Gasteiger partial charge in [0.15, 0.2) is 5.96 Å². The van der Waals surface area contributed by atoms with E-state index in [2.05, 4.69) is 41.2 Å². The van der Waals surface area contributed by atoms with Crippen LogP contribution >= 0.6 is 24.0 Å². The highest BCUT2D eigenvalue weighted by Crippen LogP contribution is 2.13. The molecule has 2 heterocycles. The van der Waals surface area contributed by atoms with Crippen LogP contribution in [-0.2, 0) is 9.47 Å². The van der Waals surface area contributed by atoms with Gasteiger partial charge in [-0.2, -0.15) is 0 Å². The molecule has 0 saturated carbocycles. The van der Waals surface area contributed by atoms with Crippen molar-refractivity contribution < 1.29 is 14.3 Å². The van der Waals surface area contributed by atoms with Gasteiger partial charge in [-0.1, -0.05) is 0 Å². The first-order valence-electron chi connectivity index (χ1n) is 11.1. The topological polar surface area (TPSA) is 78.4 Å². The SMILES string of the molecule is CCNC(=NCCCN1CC(C)OC(C)C1)N1CCC(NC(=O)OC(C)(C)C)C1.I. The molecule has 2 aliphatic heterocycles. The number of carbonyl (C=O) groups is 1. The van der Waals surface area contributed by atoms with Crippen molar-refractivity contribution in [3.63, 3.8) is 0 Å². The van der Waals surface area contributed by atoms with Crippen LogP contribution in [0.15, 0.2) is 4.99 Å². The number of hydrogen-bond acceptors (Lipinski definition) is 5. The second-order valence-electron chi connectivity index (χ2n) is 9.18. The van der Waals surface area contributed by atoms with Gasteiger partial charge >= 0.3 is 6.09 Å². The van der Waals surface area contributed by atoms with Gasteiger partial charge in [0.05, 0.1) is 18.2 Å². The first-order chi connectivity index (χ1) is 13.7. The minimum Gasteiger partial charge on any atom is -0.444 e. The first kappa shape index (κ1) is 27.2. The lowest BCUT2D eigenvalue weighted by atomic mass is 10.2. The summed E-state index contributed by atoms with van der Waals surface area (Å²) in [5.41, 5.74) is -0.477. The summed E-state index contributed by atoms with van der Waals surface area (Å²) in [7, 11) is 0. The Bertz CT molecular complexity index is 545. The quantitative estimate of drug-likeness (QED) is 0.234. The summed E-state index contributed by atoms with van der Waals surface area (Å²) in [6.07, 6.45) is 2.19. The molecule has 9 heteroatoms. The molecule has 1 amide bonds. The van der Waals surface area contributed by atoms with Crippen molar-refractivity contribution in [2.45, 2.75) is 78.2 Å². The molecule has 176 valence electrons. The van der Waals surface area contributed by atoms with Gasteiger partial charge in [0, 0.05) is 45.8 Å². The summed E-state index contributed by atoms with van der Waals surface area (Å²) >= 11 is 0. The molecular formula is C21H42IN5O3. The molecule has 0 spiro atoms. The van der Waals surface area contributed by atoms with Crippen LogP contribution in [-0.4, -0.2) is 91.5 Å². The molecule has 0 aromatic rings. The number of likely N-dealkylation sites (tertiary alicyclic amines) is 1. The monoisotopic (exact) mass is 539 g/mol. The molecule has 0 radical (unpaired) electrons. The average molecular weight is 540 g/mol. The second kappa shape index (κ2) is 12.9. The lowest BCUT2D eigenvalue weighted by Gasteiger charge is -2.35. The predicted molar refractivity (Wildman–Crippen MR) is 132 cm³/mol. The van der Waals surface area contributed by atoms with Crippen molar-refractivity contribution in [3.05, 3.63) is 0 Å². The fourth-order valence-electron chi connectivity index (χ4n) is 3.92. The Morgan fingerprint density at radius 1 is 1.20 bits per heavy atom. The number of nitrogens with zero attached hydrogens (tertiary/aromatic N) is 3. The van der Waals surface area contributed by atoms with Crippen LogP contribution < -0.4 is 10.6 Å². The minimum atomic E-state index is -0.477. The maximum atomic E-state index is 12.0. The van der Waals surface area contributed by atoms with E-state index in [1.54, 1.807) is 0 Å². The van der Waals surface area contributed by atoms with Crippen LogP contribution in [0.3, 0.4) is 0 Å². The van der Waals surface area contributed by atoms with E-state index in [1.807, 2.05) is 20.8 Å². The molecule has 0 aromatic carbocycles. The van der Waals surface area contributed by atoms with E-state index in [9.17, 15) is 4.79 Å². The normalized spacial score (nSPS) is 25.6. The number of halogens is 1. The summed E-state index contributed by atoms with van der Waals surface area (Å²) < 4.78 is 11.2. The van der Waals surface area contributed by atoms with Gasteiger partial charge in [-0.25, -0.2) is 4.79 Å². The van der Waals surface area contributed by atoms with E-state index in [0.717, 1.165) is 64.6 Å². The van der Waals surface area contributed by atoms with E-state index in [4.69, 9.17) is 14.5 Å². The Morgan fingerprint density at radius 2 is 1.87 bits per heavy atom. The highest BCUT2D eigenvalue weighted by atomic mass is 127. The maximum Gasteiger partial charge on any atom is 0.407 e. The summed E-state index contributed by atoms with van der Waals surface area (Å²) in [6, 6.07) is 0.0880. The van der Waals surface area contributed by atoms with Crippen LogP contribution in [0.1, 0.15) is 54.4 Å². The first-order valence-corrected chi connectivity index (χ1v) is 11.1. The Morgan fingerprint density at radius 3 is 2.47 bits per heavy atom. The minimum absolute atomic E-state index is 0. The van der Waals surface area contributed by atoms with E-state index >= 15 is 0 Å². The molecule has 2 fully saturated rings. The van der Waals surface area contributed by atoms with Gasteiger partial charge in [-0.3, -0.25) is 9.89 Å². The zero-order chi connectivity index (χ0) is 21.4. The molecule has 2 saturated heterocycles. The van der Waals surface area contributed by atoms with Crippen molar-refractivity contribution in [2.24, 2.45) is 4.99 Å². The van der Waals surface area contributed by atoms with Gasteiger partial charge in [-0.05, 0) is 54.4 Å². The Balaban J connectivity index is 0.00000450. The molecule has 2 N–H and O–H groups in total. The van der Waals surface area contributed by atoms with Crippen LogP contribution in [0.25, 0.3) is 0 Å². The van der Waals surface area contributed by atoms with Crippen molar-refractivity contribution >= 4 is 36.0 Å². The summed E-state index contributed by atoms with van der Waals surface area (Å²) in [5.74, 6) is 0.935. The number of carbonyl (C=O) groups excluding carboxylic acids is 1. The number of amides is 1. The number of ether oxygens (including phenoxy) is 2. The molecule has 2 aliphatic rings. The number of guanidine groups is 1. The largest absolute Gasteiger partial charge is 0.444 e. The highest BCUT2D eigenvalue weighted by Gasteiger charge is 2.28. The summed E-state index contributed by atoms with van der Waals surface area (Å²) in [6.45, 7) is 18.3. The Labute approximate surface area is 199 Å². The summed E-state index contributed by atoms with van der Waals surface area (Å²) in [4.78, 5) is 21.5. The zero-order valence-electron chi connectivity index (χ0n) is 19.6. The predicted octanol–water partition coefficient (Wildman–Crippen LogP) is 2.67. The molecule has 2 rings (SSSR count). The molecule has 0 aromatic heterocycles. The molecule has 3 atom stereocenters. The fraction of sp³-hybridized carbons (Fsp3) is 0.905. The van der Waals surface area contributed by atoms with Gasteiger partial charge in [0.2, 0.25) is 0 Å². The van der Waals surface area contributed by atoms with Crippen molar-refractivity contribution in [1.82, 2.24) is 20.4 Å². The van der Waals surface area contributed by atoms with E-state index in [-0.39, 0.29) is 36.1 Å². The molecule has 30 heavy (non-hydrogen) atoms. The number of nitrogens with one attached hydrogen (secondary N) is 2. The van der Waals surface area contributed by atoms with Crippen molar-refractivity contribution in [3.8, 4) is 0 Å². The lowest BCUT2D eigenvalue weighted by Crippen LogP contribution is -2.46. The molecule has 3 unspecified atom stereocenters. The average Bonchev–Trinajstić information content (AvgIpc) is 3.03. The molecule has 8 nitrogen and oxygen atoms in total. The van der Waals surface area contributed by atoms with Crippen LogP contribution in [0.5, 0.6) is 0 Å². The van der Waals surface area contributed by atoms with E-state index in [1.165, 1.54) is 0 Å². The second-order valence-corrected chi connectivity index (χ2v) is 9.18. The number of alkyl carbamates (subject to hydrolysis) is 1. The number of morpholine rings is 1. The van der Waals surface area contributed by atoms with Gasteiger partial charge < -0.3 is 25.0 Å². The van der Waals surface area contributed by atoms with Crippen LogP contribution in [0.2, 0.25) is 0 Å². The van der Waals surface area contributed by atoms with Crippen molar-refractivity contribution in [1.29, 1.82) is 0 Å². The zero-order valence-corrected chi connectivity index (χ0v) is 21.9. The summed E-state index contributed by atoms with van der Waals surface area (Å²) in [5, 5.41) is 6.36. The highest BCUT2D eigenvalue weighted by molar-refractivity contribution is 14.0. The lowest BCUT2D eigenvalue weighted by molar-refractivity contribution is -0.0679. The Hall–Kier alpha value is -0.810. The third-order valence-corrected chi connectivity index (χ3v) is 4.93. The Kier molecular flexibility index (Phi) is 11.7. The smallest absolute Gasteiger partial charge is 0.407 e. The van der Waals surface area contributed by atoms with Gasteiger partial charge in [0.1, 0.15) is 5.60 Å². The molecule has 0 aliphatic carbocycles. The fourth-order valence-corrected chi connectivity index (χ4v) is 3.92.